The van der Waals surface area contributed by atoms with Crippen LogP contribution in [0.1, 0.15) is 47.3 Å². The number of halogens is 1. The number of nitrogens with zero attached hydrogens (tertiary/aromatic N) is 2. The zero-order valence-corrected chi connectivity index (χ0v) is 20.8. The van der Waals surface area contributed by atoms with Gasteiger partial charge in [-0.2, -0.15) is 0 Å². The highest BCUT2D eigenvalue weighted by atomic mass is 32.2. The Morgan fingerprint density at radius 1 is 1.31 bits per heavy atom. The number of sulfone groups is 1. The summed E-state index contributed by atoms with van der Waals surface area (Å²) in [6, 6.07) is 8.62. The van der Waals surface area contributed by atoms with Gasteiger partial charge in [-0.3, -0.25) is 10.2 Å². The van der Waals surface area contributed by atoms with Crippen LogP contribution in [0, 0.1) is 23.1 Å². The molecule has 2 aromatic rings. The summed E-state index contributed by atoms with van der Waals surface area (Å²) in [5.41, 5.74) is 2.04. The summed E-state index contributed by atoms with van der Waals surface area (Å²) < 4.78 is 44.9. The minimum Gasteiger partial charge on any atom is -0.491 e. The summed E-state index contributed by atoms with van der Waals surface area (Å²) in [6.07, 6.45) is 3.70. The van der Waals surface area contributed by atoms with Crippen molar-refractivity contribution >= 4 is 27.8 Å². The van der Waals surface area contributed by atoms with Crippen LogP contribution in [-0.4, -0.2) is 50.7 Å². The van der Waals surface area contributed by atoms with E-state index in [4.69, 9.17) is 10.1 Å². The van der Waals surface area contributed by atoms with Gasteiger partial charge >= 0.3 is 0 Å². The average molecular weight is 498 g/mol. The normalized spacial score (nSPS) is 25.4. The fourth-order valence-electron chi connectivity index (χ4n) is 5.67. The van der Waals surface area contributed by atoms with E-state index in [1.807, 2.05) is 18.3 Å². The summed E-state index contributed by atoms with van der Waals surface area (Å²) in [6.45, 7) is 4.79. The molecule has 9 heteroatoms. The van der Waals surface area contributed by atoms with Gasteiger partial charge in [0.25, 0.3) is 5.91 Å². The molecule has 1 amide bonds. The van der Waals surface area contributed by atoms with Crippen LogP contribution in [0.15, 0.2) is 40.2 Å². The van der Waals surface area contributed by atoms with E-state index >= 15 is 4.39 Å². The third kappa shape index (κ3) is 3.76. The first-order valence-corrected chi connectivity index (χ1v) is 13.7. The number of aliphatic imine (C=N–C) groups is 1. The number of amidine groups is 1. The second kappa shape index (κ2) is 8.26. The molecule has 2 aromatic carbocycles. The smallest absolute Gasteiger partial charge is 0.254 e. The van der Waals surface area contributed by atoms with Crippen LogP contribution < -0.4 is 4.74 Å². The molecule has 0 aromatic heterocycles. The molecule has 2 heterocycles. The van der Waals surface area contributed by atoms with E-state index < -0.39 is 20.5 Å². The quantitative estimate of drug-likeness (QED) is 0.695. The SMILES string of the molecule is CCc1c(C(=O)N2CCOc3ccc(C45C=NC(=N)CC4C5C)cc3C2)ccc(S(C)(=O)=O)c1F. The lowest BCUT2D eigenvalue weighted by Crippen LogP contribution is -2.33. The summed E-state index contributed by atoms with van der Waals surface area (Å²) in [7, 11) is -3.75. The van der Waals surface area contributed by atoms with Crippen LogP contribution >= 0.6 is 0 Å². The lowest BCUT2D eigenvalue weighted by Gasteiger charge is -2.23. The number of nitrogens with one attached hydrogen (secondary N) is 1. The Hall–Kier alpha value is -3.07. The number of carbonyl (C=O) groups excluding carboxylic acids is 1. The van der Waals surface area contributed by atoms with Gasteiger partial charge in [-0.05, 0) is 48.1 Å². The molecule has 1 N–H and O–H groups in total. The van der Waals surface area contributed by atoms with Gasteiger partial charge in [0.1, 0.15) is 28.9 Å². The van der Waals surface area contributed by atoms with Gasteiger partial charge in [-0.1, -0.05) is 19.9 Å². The molecular weight excluding hydrogens is 469 g/mol. The minimum atomic E-state index is -3.75. The highest BCUT2D eigenvalue weighted by Crippen LogP contribution is 2.62. The van der Waals surface area contributed by atoms with Crippen LogP contribution in [0.25, 0.3) is 0 Å². The predicted molar refractivity (Wildman–Crippen MR) is 131 cm³/mol. The Morgan fingerprint density at radius 3 is 2.77 bits per heavy atom. The van der Waals surface area contributed by atoms with Crippen molar-refractivity contribution < 1.29 is 22.3 Å². The van der Waals surface area contributed by atoms with Crippen LogP contribution in [0.2, 0.25) is 0 Å². The van der Waals surface area contributed by atoms with Crippen LogP contribution in [0.3, 0.4) is 0 Å². The number of hydrogen-bond acceptors (Lipinski definition) is 5. The number of amides is 1. The van der Waals surface area contributed by atoms with Gasteiger partial charge in [0.05, 0.1) is 6.54 Å². The topological polar surface area (TPSA) is 99.9 Å². The maximum absolute atomic E-state index is 15.0. The Kier molecular flexibility index (Phi) is 5.58. The summed E-state index contributed by atoms with van der Waals surface area (Å²) in [5.74, 6) is 0.625. The van der Waals surface area contributed by atoms with Gasteiger partial charge in [0.15, 0.2) is 9.84 Å². The van der Waals surface area contributed by atoms with Gasteiger partial charge in [-0.25, -0.2) is 17.8 Å². The summed E-state index contributed by atoms with van der Waals surface area (Å²) in [4.78, 5) is 19.0. The zero-order valence-electron chi connectivity index (χ0n) is 20.0. The molecule has 3 atom stereocenters. The van der Waals surface area contributed by atoms with Gasteiger partial charge in [0, 0.05) is 47.5 Å². The highest BCUT2D eigenvalue weighted by Gasteiger charge is 2.63. The Bertz CT molecular complexity index is 1390. The predicted octanol–water partition coefficient (Wildman–Crippen LogP) is 3.78. The maximum Gasteiger partial charge on any atom is 0.254 e. The molecule has 3 aliphatic rings. The van der Waals surface area contributed by atoms with Crippen molar-refractivity contribution in [3.63, 3.8) is 0 Å². The lowest BCUT2D eigenvalue weighted by molar-refractivity contribution is 0.0731. The monoisotopic (exact) mass is 497 g/mol. The van der Waals surface area contributed by atoms with Gasteiger partial charge in [0.2, 0.25) is 0 Å². The number of carbonyl (C=O) groups is 1. The van der Waals surface area contributed by atoms with E-state index in [0.29, 0.717) is 49.5 Å². The molecule has 184 valence electrons. The van der Waals surface area contributed by atoms with Gasteiger partial charge in [-0.15, -0.1) is 0 Å². The van der Waals surface area contributed by atoms with Crippen molar-refractivity contribution in [3.8, 4) is 5.75 Å². The maximum atomic E-state index is 15.0. The third-order valence-electron chi connectivity index (χ3n) is 7.73. The van der Waals surface area contributed by atoms with E-state index in [1.165, 1.54) is 12.1 Å². The molecule has 7 nitrogen and oxygen atoms in total. The van der Waals surface area contributed by atoms with E-state index in [1.54, 1.807) is 11.8 Å². The first-order valence-electron chi connectivity index (χ1n) is 11.8. The molecule has 0 saturated heterocycles. The first-order chi connectivity index (χ1) is 16.6. The summed E-state index contributed by atoms with van der Waals surface area (Å²) in [5, 5.41) is 7.89. The second-order valence-corrected chi connectivity index (χ2v) is 11.6. The molecule has 5 rings (SSSR count). The fraction of sp³-hybridized carbons (Fsp3) is 0.423. The van der Waals surface area contributed by atoms with Gasteiger partial charge < -0.3 is 9.64 Å². The van der Waals surface area contributed by atoms with Crippen LogP contribution in [0.5, 0.6) is 5.75 Å². The number of hydrogen-bond donors (Lipinski definition) is 1. The van der Waals surface area contributed by atoms with Crippen molar-refractivity contribution in [1.82, 2.24) is 4.90 Å². The highest BCUT2D eigenvalue weighted by molar-refractivity contribution is 7.90. The first kappa shape index (κ1) is 23.7. The molecule has 1 fully saturated rings. The third-order valence-corrected chi connectivity index (χ3v) is 8.84. The molecule has 3 unspecified atom stereocenters. The van der Waals surface area contributed by atoms with Crippen LogP contribution in [0.4, 0.5) is 4.39 Å². The standard InChI is InChI=1S/C26H28FN3O4S/c1-4-18-19(6-8-22(24(18)27)35(3,32)33)25(31)30-9-10-34-21-7-5-17(11-16(21)13-30)26-14-29-23(28)12-20(26)15(26)2/h5-8,11,14-15,20,28H,4,9-10,12-13H2,1-3H3. The van der Waals surface area contributed by atoms with E-state index in [9.17, 15) is 13.2 Å². The molecule has 0 bridgehead atoms. The molecule has 1 saturated carbocycles. The van der Waals surface area contributed by atoms with Crippen molar-refractivity contribution in [1.29, 1.82) is 5.41 Å². The Morgan fingerprint density at radius 2 is 2.09 bits per heavy atom. The molecule has 1 aliphatic carbocycles. The summed E-state index contributed by atoms with van der Waals surface area (Å²) >= 11 is 0. The number of fused-ring (bicyclic) bond motifs is 2. The second-order valence-electron chi connectivity index (χ2n) is 9.66. The Balaban J connectivity index is 1.48. The van der Waals surface area contributed by atoms with Crippen molar-refractivity contribution in [3.05, 3.63) is 58.4 Å². The molecular formula is C26H28FN3O4S. The van der Waals surface area contributed by atoms with E-state index in [0.717, 1.165) is 17.4 Å². The number of ether oxygens (including phenoxy) is 1. The van der Waals surface area contributed by atoms with Crippen LogP contribution in [-0.2, 0) is 28.2 Å². The molecule has 0 spiro atoms. The molecule has 0 radical (unpaired) electrons. The number of rotatable bonds is 4. The molecule has 35 heavy (non-hydrogen) atoms. The molecule has 2 aliphatic heterocycles. The van der Waals surface area contributed by atoms with Crippen molar-refractivity contribution in [2.75, 3.05) is 19.4 Å². The number of benzene rings is 2. The average Bonchev–Trinajstić information content (AvgIpc) is 3.47. The zero-order chi connectivity index (χ0) is 25.1. The van der Waals surface area contributed by atoms with E-state index in [2.05, 4.69) is 18.0 Å². The Labute approximate surface area is 204 Å². The largest absolute Gasteiger partial charge is 0.491 e. The van der Waals surface area contributed by atoms with E-state index in [-0.39, 0.29) is 28.9 Å². The fourth-order valence-corrected chi connectivity index (χ4v) is 6.44. The lowest BCUT2D eigenvalue weighted by atomic mass is 9.89. The van der Waals surface area contributed by atoms with Crippen molar-refractivity contribution in [2.24, 2.45) is 16.8 Å². The minimum absolute atomic E-state index is 0.103. The van der Waals surface area contributed by atoms with Crippen molar-refractivity contribution in [2.45, 2.75) is 43.5 Å².